The van der Waals surface area contributed by atoms with E-state index in [1.165, 1.54) is 22.9 Å². The first-order valence-electron chi connectivity index (χ1n) is 9.42. The summed E-state index contributed by atoms with van der Waals surface area (Å²) >= 11 is 0. The SMILES string of the molecule is Cc1cc(=O)n(CC(=O)N2CCCC[C@@H]2c2nc3ccc(F)cc3[nH]2)nc1C. The first-order valence-corrected chi connectivity index (χ1v) is 9.42. The van der Waals surface area contributed by atoms with E-state index in [2.05, 4.69) is 15.1 Å². The van der Waals surface area contributed by atoms with Crippen LogP contribution in [-0.2, 0) is 11.3 Å². The zero-order valence-corrected chi connectivity index (χ0v) is 15.9. The number of fused-ring (bicyclic) bond motifs is 1. The molecule has 0 saturated carbocycles. The van der Waals surface area contributed by atoms with Crippen molar-refractivity contribution in [2.75, 3.05) is 6.54 Å². The average Bonchev–Trinajstić information content (AvgIpc) is 3.09. The number of piperidine rings is 1. The number of rotatable bonds is 3. The van der Waals surface area contributed by atoms with Crippen molar-refractivity contribution in [1.29, 1.82) is 0 Å². The minimum Gasteiger partial charge on any atom is -0.340 e. The van der Waals surface area contributed by atoms with Crippen molar-refractivity contribution < 1.29 is 9.18 Å². The standard InChI is InChI=1S/C20H22FN5O2/c1-12-9-18(27)26(24-13(12)2)11-19(28)25-8-4-3-5-17(25)20-22-15-7-6-14(21)10-16(15)23-20/h6-7,9-10,17H,3-5,8,11H2,1-2H3,(H,22,23)/t17-/m1/s1. The van der Waals surface area contributed by atoms with E-state index in [-0.39, 0.29) is 29.9 Å². The molecule has 1 fully saturated rings. The Balaban J connectivity index is 1.62. The van der Waals surface area contributed by atoms with E-state index in [9.17, 15) is 14.0 Å². The Morgan fingerprint density at radius 3 is 2.93 bits per heavy atom. The lowest BCUT2D eigenvalue weighted by molar-refractivity contribution is -0.136. The second-order valence-electron chi connectivity index (χ2n) is 7.29. The topological polar surface area (TPSA) is 83.9 Å². The summed E-state index contributed by atoms with van der Waals surface area (Å²) in [4.78, 5) is 34.6. The molecular formula is C20H22FN5O2. The smallest absolute Gasteiger partial charge is 0.267 e. The van der Waals surface area contributed by atoms with Crippen molar-refractivity contribution in [2.24, 2.45) is 0 Å². The van der Waals surface area contributed by atoms with Crippen LogP contribution in [0, 0.1) is 19.7 Å². The molecule has 0 radical (unpaired) electrons. The highest BCUT2D eigenvalue weighted by Gasteiger charge is 2.30. The fraction of sp³-hybridized carbons (Fsp3) is 0.400. The predicted molar refractivity (Wildman–Crippen MR) is 102 cm³/mol. The summed E-state index contributed by atoms with van der Waals surface area (Å²) in [7, 11) is 0. The number of halogens is 1. The predicted octanol–water partition coefficient (Wildman–Crippen LogP) is 2.63. The van der Waals surface area contributed by atoms with Crippen molar-refractivity contribution in [3.63, 3.8) is 0 Å². The third kappa shape index (κ3) is 3.42. The van der Waals surface area contributed by atoms with E-state index in [0.29, 0.717) is 23.4 Å². The van der Waals surface area contributed by atoms with Gasteiger partial charge in [0.1, 0.15) is 18.2 Å². The van der Waals surface area contributed by atoms with Crippen LogP contribution in [0.1, 0.15) is 42.4 Å². The molecule has 0 bridgehead atoms. The number of aromatic nitrogens is 4. The number of imidazole rings is 1. The molecular weight excluding hydrogens is 361 g/mol. The van der Waals surface area contributed by atoms with E-state index in [0.717, 1.165) is 30.5 Å². The molecule has 0 aliphatic carbocycles. The molecule has 1 saturated heterocycles. The van der Waals surface area contributed by atoms with Gasteiger partial charge in [-0.05, 0) is 56.9 Å². The van der Waals surface area contributed by atoms with Crippen molar-refractivity contribution in [2.45, 2.75) is 45.7 Å². The quantitative estimate of drug-likeness (QED) is 0.754. The maximum atomic E-state index is 13.5. The third-order valence-electron chi connectivity index (χ3n) is 5.32. The molecule has 4 rings (SSSR count). The number of amides is 1. The highest BCUT2D eigenvalue weighted by Crippen LogP contribution is 2.30. The molecule has 1 amide bonds. The largest absolute Gasteiger partial charge is 0.340 e. The van der Waals surface area contributed by atoms with Gasteiger partial charge in [0.15, 0.2) is 0 Å². The second kappa shape index (κ2) is 7.18. The van der Waals surface area contributed by atoms with Crippen molar-refractivity contribution >= 4 is 16.9 Å². The molecule has 3 heterocycles. The monoisotopic (exact) mass is 383 g/mol. The Bertz CT molecular complexity index is 1100. The highest BCUT2D eigenvalue weighted by atomic mass is 19.1. The molecule has 2 aromatic heterocycles. The van der Waals surface area contributed by atoms with E-state index in [4.69, 9.17) is 0 Å². The molecule has 8 heteroatoms. The van der Waals surface area contributed by atoms with Crippen LogP contribution in [0.5, 0.6) is 0 Å². The van der Waals surface area contributed by atoms with Crippen LogP contribution >= 0.6 is 0 Å². The van der Waals surface area contributed by atoms with E-state index >= 15 is 0 Å². The fourth-order valence-corrected chi connectivity index (χ4v) is 3.68. The van der Waals surface area contributed by atoms with Crippen LogP contribution in [0.3, 0.4) is 0 Å². The molecule has 1 N–H and O–H groups in total. The Kier molecular flexibility index (Phi) is 4.70. The maximum Gasteiger partial charge on any atom is 0.267 e. The number of hydrogen-bond acceptors (Lipinski definition) is 4. The summed E-state index contributed by atoms with van der Waals surface area (Å²) in [6.07, 6.45) is 2.64. The maximum absolute atomic E-state index is 13.5. The summed E-state index contributed by atoms with van der Waals surface area (Å²) in [6, 6.07) is 5.67. The lowest BCUT2D eigenvalue weighted by Crippen LogP contribution is -2.42. The van der Waals surface area contributed by atoms with E-state index in [1.807, 2.05) is 13.8 Å². The molecule has 3 aromatic rings. The van der Waals surface area contributed by atoms with Gasteiger partial charge in [-0.2, -0.15) is 5.10 Å². The molecule has 0 spiro atoms. The molecule has 1 aliphatic heterocycles. The number of benzene rings is 1. The van der Waals surface area contributed by atoms with Gasteiger partial charge in [0.05, 0.1) is 22.8 Å². The van der Waals surface area contributed by atoms with Crippen LogP contribution in [-0.4, -0.2) is 37.1 Å². The Morgan fingerprint density at radius 1 is 1.29 bits per heavy atom. The zero-order valence-electron chi connectivity index (χ0n) is 15.9. The number of aryl methyl sites for hydroxylation is 2. The van der Waals surface area contributed by atoms with Gasteiger partial charge in [-0.3, -0.25) is 9.59 Å². The number of hydrogen-bond donors (Lipinski definition) is 1. The molecule has 0 unspecified atom stereocenters. The first kappa shape index (κ1) is 18.3. The first-order chi connectivity index (χ1) is 13.4. The van der Waals surface area contributed by atoms with Crippen molar-refractivity contribution in [3.8, 4) is 0 Å². The Morgan fingerprint density at radius 2 is 2.11 bits per heavy atom. The van der Waals surface area contributed by atoms with Gasteiger partial charge < -0.3 is 9.88 Å². The minimum atomic E-state index is -0.334. The van der Waals surface area contributed by atoms with Crippen LogP contribution in [0.4, 0.5) is 4.39 Å². The highest BCUT2D eigenvalue weighted by molar-refractivity contribution is 5.77. The van der Waals surface area contributed by atoms with E-state index in [1.54, 1.807) is 11.0 Å². The van der Waals surface area contributed by atoms with Gasteiger partial charge in [-0.15, -0.1) is 0 Å². The van der Waals surface area contributed by atoms with Gasteiger partial charge in [-0.25, -0.2) is 14.1 Å². The van der Waals surface area contributed by atoms with Gasteiger partial charge in [-0.1, -0.05) is 0 Å². The van der Waals surface area contributed by atoms with Gasteiger partial charge in [0.25, 0.3) is 5.56 Å². The average molecular weight is 383 g/mol. The third-order valence-corrected chi connectivity index (χ3v) is 5.32. The van der Waals surface area contributed by atoms with Gasteiger partial charge >= 0.3 is 0 Å². The minimum absolute atomic E-state index is 0.106. The fourth-order valence-electron chi connectivity index (χ4n) is 3.68. The molecule has 7 nitrogen and oxygen atoms in total. The summed E-state index contributed by atoms with van der Waals surface area (Å²) in [5.74, 6) is 0.141. The summed E-state index contributed by atoms with van der Waals surface area (Å²) < 4.78 is 14.7. The number of nitrogens with one attached hydrogen (secondary N) is 1. The number of carbonyl (C=O) groups is 1. The normalized spacial score (nSPS) is 17.2. The number of carbonyl (C=O) groups excluding carboxylic acids is 1. The van der Waals surface area contributed by atoms with Crippen LogP contribution in [0.25, 0.3) is 11.0 Å². The van der Waals surface area contributed by atoms with Gasteiger partial charge in [0.2, 0.25) is 5.91 Å². The lowest BCUT2D eigenvalue weighted by Gasteiger charge is -2.34. The summed E-state index contributed by atoms with van der Waals surface area (Å²) in [5, 5.41) is 4.24. The molecule has 28 heavy (non-hydrogen) atoms. The van der Waals surface area contributed by atoms with Crippen LogP contribution in [0.15, 0.2) is 29.1 Å². The lowest BCUT2D eigenvalue weighted by atomic mass is 10.0. The molecule has 1 aromatic carbocycles. The molecule has 1 aliphatic rings. The van der Waals surface area contributed by atoms with Crippen molar-refractivity contribution in [3.05, 3.63) is 57.5 Å². The molecule has 146 valence electrons. The summed E-state index contributed by atoms with van der Waals surface area (Å²) in [5.41, 5.74) is 2.52. The van der Waals surface area contributed by atoms with E-state index < -0.39 is 0 Å². The number of H-pyrrole nitrogens is 1. The zero-order chi connectivity index (χ0) is 19.8. The van der Waals surface area contributed by atoms with Crippen LogP contribution < -0.4 is 5.56 Å². The summed E-state index contributed by atoms with van der Waals surface area (Å²) in [6.45, 7) is 4.12. The second-order valence-corrected chi connectivity index (χ2v) is 7.29. The molecule has 1 atom stereocenters. The Labute approximate surface area is 161 Å². The number of likely N-dealkylation sites (tertiary alicyclic amines) is 1. The number of aromatic amines is 1. The van der Waals surface area contributed by atoms with Gasteiger partial charge in [0, 0.05) is 12.6 Å². The van der Waals surface area contributed by atoms with Crippen LogP contribution in [0.2, 0.25) is 0 Å². The van der Waals surface area contributed by atoms with Crippen molar-refractivity contribution in [1.82, 2.24) is 24.6 Å². The Hall–Kier alpha value is -3.03. The number of nitrogens with zero attached hydrogens (tertiary/aromatic N) is 4.